The molecule has 3 aliphatic carbocycles. The van der Waals surface area contributed by atoms with Crippen molar-refractivity contribution in [3.05, 3.63) is 0 Å². The van der Waals surface area contributed by atoms with Crippen LogP contribution in [-0.4, -0.2) is 23.4 Å². The third-order valence-corrected chi connectivity index (χ3v) is 6.37. The first kappa shape index (κ1) is 12.2. The minimum absolute atomic E-state index is 0.410. The number of amides is 1. The highest BCUT2D eigenvalue weighted by atomic mass is 16.2. The van der Waals surface area contributed by atoms with Gasteiger partial charge in [0.15, 0.2) is 0 Å². The van der Waals surface area contributed by atoms with Gasteiger partial charge in [0.1, 0.15) is 0 Å². The van der Waals surface area contributed by atoms with E-state index >= 15 is 0 Å². The fourth-order valence-corrected chi connectivity index (χ4v) is 5.23. The van der Waals surface area contributed by atoms with Gasteiger partial charge in [-0.05, 0) is 62.7 Å². The smallest absolute Gasteiger partial charge is 0.225 e. The van der Waals surface area contributed by atoms with Crippen molar-refractivity contribution in [3.8, 4) is 0 Å². The Morgan fingerprint density at radius 2 is 1.53 bits per heavy atom. The van der Waals surface area contributed by atoms with Crippen LogP contribution in [0.1, 0.15) is 64.2 Å². The zero-order chi connectivity index (χ0) is 12.8. The summed E-state index contributed by atoms with van der Waals surface area (Å²) in [5.74, 6) is 3.65. The molecule has 4 aliphatic rings. The van der Waals surface area contributed by atoms with Crippen LogP contribution in [0.5, 0.6) is 0 Å². The molecule has 106 valence electrons. The Labute approximate surface area is 116 Å². The number of hydrogen-bond donors (Lipinski definition) is 0. The molecule has 3 unspecified atom stereocenters. The summed E-state index contributed by atoms with van der Waals surface area (Å²) in [4.78, 5) is 15.1. The zero-order valence-electron chi connectivity index (χ0n) is 12.0. The lowest BCUT2D eigenvalue weighted by atomic mass is 9.82. The van der Waals surface area contributed by atoms with Crippen LogP contribution in [0.2, 0.25) is 0 Å². The molecule has 2 heteroatoms. The molecule has 1 saturated heterocycles. The van der Waals surface area contributed by atoms with E-state index in [0.29, 0.717) is 17.9 Å². The molecule has 0 N–H and O–H groups in total. The van der Waals surface area contributed by atoms with Crippen molar-refractivity contribution >= 4 is 5.91 Å². The zero-order valence-corrected chi connectivity index (χ0v) is 12.0. The Morgan fingerprint density at radius 3 is 2.26 bits per heavy atom. The minimum Gasteiger partial charge on any atom is -0.339 e. The second-order valence-corrected chi connectivity index (χ2v) is 7.56. The lowest BCUT2D eigenvalue weighted by molar-refractivity contribution is -0.137. The molecule has 0 aromatic carbocycles. The van der Waals surface area contributed by atoms with Gasteiger partial charge in [-0.15, -0.1) is 0 Å². The fourth-order valence-electron chi connectivity index (χ4n) is 5.23. The topological polar surface area (TPSA) is 20.3 Å². The third-order valence-electron chi connectivity index (χ3n) is 6.37. The van der Waals surface area contributed by atoms with Gasteiger partial charge in [-0.3, -0.25) is 4.79 Å². The first-order valence-corrected chi connectivity index (χ1v) is 8.63. The summed E-state index contributed by atoms with van der Waals surface area (Å²) < 4.78 is 0. The van der Waals surface area contributed by atoms with Crippen LogP contribution >= 0.6 is 0 Å². The summed E-state index contributed by atoms with van der Waals surface area (Å²) in [5, 5.41) is 0. The lowest BCUT2D eigenvalue weighted by Gasteiger charge is -2.35. The Balaban J connectivity index is 1.42. The van der Waals surface area contributed by atoms with Gasteiger partial charge in [-0.25, -0.2) is 0 Å². The molecule has 4 fully saturated rings. The fraction of sp³-hybridized carbons (Fsp3) is 0.941. The molecular weight excluding hydrogens is 234 g/mol. The van der Waals surface area contributed by atoms with E-state index in [2.05, 4.69) is 4.90 Å². The molecule has 3 atom stereocenters. The Morgan fingerprint density at radius 1 is 0.789 bits per heavy atom. The van der Waals surface area contributed by atoms with Crippen molar-refractivity contribution < 1.29 is 4.79 Å². The van der Waals surface area contributed by atoms with Gasteiger partial charge in [-0.1, -0.05) is 19.3 Å². The van der Waals surface area contributed by atoms with Gasteiger partial charge in [0.05, 0.1) is 0 Å². The average Bonchev–Trinajstić information content (AvgIpc) is 2.91. The number of carbonyl (C=O) groups excluding carboxylic acids is 1. The van der Waals surface area contributed by atoms with Gasteiger partial charge in [-0.2, -0.15) is 0 Å². The van der Waals surface area contributed by atoms with Crippen molar-refractivity contribution in [2.75, 3.05) is 6.54 Å². The van der Waals surface area contributed by atoms with Crippen molar-refractivity contribution in [1.29, 1.82) is 0 Å². The molecule has 0 spiro atoms. The molecule has 1 aliphatic heterocycles. The molecule has 4 rings (SSSR count). The van der Waals surface area contributed by atoms with Gasteiger partial charge in [0.25, 0.3) is 0 Å². The van der Waals surface area contributed by atoms with Crippen LogP contribution in [0.4, 0.5) is 0 Å². The Bertz CT molecular complexity index is 350. The summed E-state index contributed by atoms with van der Waals surface area (Å²) in [6, 6.07) is 0.615. The Hall–Kier alpha value is -0.530. The normalized spacial score (nSPS) is 42.4. The largest absolute Gasteiger partial charge is 0.339 e. The van der Waals surface area contributed by atoms with Crippen LogP contribution in [-0.2, 0) is 4.79 Å². The monoisotopic (exact) mass is 261 g/mol. The summed E-state index contributed by atoms with van der Waals surface area (Å²) in [7, 11) is 0. The van der Waals surface area contributed by atoms with Gasteiger partial charge >= 0.3 is 0 Å². The third kappa shape index (κ3) is 2.21. The first-order valence-electron chi connectivity index (χ1n) is 8.63. The van der Waals surface area contributed by atoms with E-state index in [1.807, 2.05) is 0 Å². The quantitative estimate of drug-likeness (QED) is 0.743. The minimum atomic E-state index is 0.410. The van der Waals surface area contributed by atoms with E-state index in [4.69, 9.17) is 0 Å². The first-order chi connectivity index (χ1) is 9.33. The van der Waals surface area contributed by atoms with Gasteiger partial charge in [0.2, 0.25) is 5.91 Å². The predicted molar refractivity (Wildman–Crippen MR) is 75.6 cm³/mol. The van der Waals surface area contributed by atoms with E-state index in [1.165, 1.54) is 64.2 Å². The van der Waals surface area contributed by atoms with Gasteiger partial charge < -0.3 is 4.90 Å². The number of fused-ring (bicyclic) bond motifs is 1. The number of likely N-dealkylation sites (tertiary alicyclic amines) is 1. The molecule has 2 nitrogen and oxygen atoms in total. The number of nitrogens with zero attached hydrogens (tertiary/aromatic N) is 1. The highest BCUT2D eigenvalue weighted by Crippen LogP contribution is 2.55. The van der Waals surface area contributed by atoms with Crippen molar-refractivity contribution in [2.45, 2.75) is 70.3 Å². The number of rotatable bonds is 2. The van der Waals surface area contributed by atoms with Crippen LogP contribution in [0.15, 0.2) is 0 Å². The van der Waals surface area contributed by atoms with E-state index in [-0.39, 0.29) is 0 Å². The average molecular weight is 261 g/mol. The number of carbonyl (C=O) groups is 1. The molecule has 0 aromatic heterocycles. The summed E-state index contributed by atoms with van der Waals surface area (Å²) in [6.07, 6.45) is 13.4. The molecular formula is C17H27NO. The molecule has 1 amide bonds. The second kappa shape index (κ2) is 4.79. The Kier molecular flexibility index (Phi) is 3.08. The highest BCUT2D eigenvalue weighted by Gasteiger charge is 2.50. The van der Waals surface area contributed by atoms with Crippen LogP contribution in [0.25, 0.3) is 0 Å². The van der Waals surface area contributed by atoms with Crippen molar-refractivity contribution in [2.24, 2.45) is 23.7 Å². The maximum atomic E-state index is 12.8. The molecule has 0 bridgehead atoms. The van der Waals surface area contributed by atoms with Crippen molar-refractivity contribution in [3.63, 3.8) is 0 Å². The van der Waals surface area contributed by atoms with Crippen LogP contribution < -0.4 is 0 Å². The van der Waals surface area contributed by atoms with Crippen LogP contribution in [0.3, 0.4) is 0 Å². The standard InChI is InChI=1S/C17H27NO/c19-17(15-10-13-9-14(13)11-15)18-8-4-7-16(18)12-5-2-1-3-6-12/h12-16H,1-11H2. The molecule has 1 heterocycles. The predicted octanol–water partition coefficient (Wildman–Crippen LogP) is 3.60. The van der Waals surface area contributed by atoms with E-state index < -0.39 is 0 Å². The SMILES string of the molecule is O=C(C1CC2CC2C1)N1CCCC1C1CCCCC1. The van der Waals surface area contributed by atoms with E-state index in [1.54, 1.807) is 0 Å². The molecule has 3 saturated carbocycles. The van der Waals surface area contributed by atoms with E-state index in [9.17, 15) is 4.79 Å². The number of hydrogen-bond acceptors (Lipinski definition) is 1. The summed E-state index contributed by atoms with van der Waals surface area (Å²) in [6.45, 7) is 1.06. The molecule has 0 radical (unpaired) electrons. The maximum absolute atomic E-state index is 12.8. The second-order valence-electron chi connectivity index (χ2n) is 7.56. The molecule has 0 aromatic rings. The highest BCUT2D eigenvalue weighted by molar-refractivity contribution is 5.80. The van der Waals surface area contributed by atoms with Crippen LogP contribution in [0, 0.1) is 23.7 Å². The van der Waals surface area contributed by atoms with Gasteiger partial charge in [0, 0.05) is 18.5 Å². The summed E-state index contributed by atoms with van der Waals surface area (Å²) in [5.41, 5.74) is 0. The summed E-state index contributed by atoms with van der Waals surface area (Å²) >= 11 is 0. The van der Waals surface area contributed by atoms with Crippen molar-refractivity contribution in [1.82, 2.24) is 4.90 Å². The van der Waals surface area contributed by atoms with E-state index in [0.717, 1.165) is 24.3 Å². The lowest BCUT2D eigenvalue weighted by Crippen LogP contribution is -2.43. The maximum Gasteiger partial charge on any atom is 0.225 e. The molecule has 19 heavy (non-hydrogen) atoms.